The van der Waals surface area contributed by atoms with Crippen LogP contribution in [0.2, 0.25) is 0 Å². The molecule has 0 radical (unpaired) electrons. The first-order valence-electron chi connectivity index (χ1n) is 11.3. The molecule has 0 saturated heterocycles. The molecule has 3 aromatic carbocycles. The summed E-state index contributed by atoms with van der Waals surface area (Å²) in [6, 6.07) is 22.9. The van der Waals surface area contributed by atoms with Crippen LogP contribution in [0, 0.1) is 0 Å². The smallest absolute Gasteiger partial charge is 0.449 e. The lowest BCUT2D eigenvalue weighted by molar-refractivity contribution is -0.146. The van der Waals surface area contributed by atoms with Crippen molar-refractivity contribution in [1.82, 2.24) is 14.5 Å². The summed E-state index contributed by atoms with van der Waals surface area (Å²) in [5.41, 5.74) is 4.10. The number of hydrogen-bond donors (Lipinski definition) is 1. The molecular formula is C28H20F3N3O3. The van der Waals surface area contributed by atoms with Gasteiger partial charge in [0.2, 0.25) is 5.82 Å². The van der Waals surface area contributed by atoms with Crippen molar-refractivity contribution < 1.29 is 27.8 Å². The Bertz CT molecular complexity index is 1580. The molecule has 0 atom stereocenters. The molecule has 2 aromatic heterocycles. The molecule has 0 bridgehead atoms. The number of ether oxygens (including phenoxy) is 1. The third-order valence-corrected chi connectivity index (χ3v) is 5.83. The molecule has 1 N–H and O–H groups in total. The number of fused-ring (bicyclic) bond motifs is 1. The topological polar surface area (TPSA) is 77.2 Å². The Morgan fingerprint density at radius 2 is 1.68 bits per heavy atom. The maximum absolute atomic E-state index is 13.7. The van der Waals surface area contributed by atoms with Crippen LogP contribution in [0.1, 0.15) is 27.3 Å². The summed E-state index contributed by atoms with van der Waals surface area (Å²) in [6.07, 6.45) is -1.88. The maximum atomic E-state index is 13.7. The molecule has 0 aliphatic rings. The first-order chi connectivity index (χ1) is 17.8. The van der Waals surface area contributed by atoms with Crippen LogP contribution in [-0.2, 0) is 19.3 Å². The molecule has 5 aromatic rings. The van der Waals surface area contributed by atoms with Gasteiger partial charge in [-0.25, -0.2) is 9.78 Å². The van der Waals surface area contributed by atoms with E-state index >= 15 is 0 Å². The summed E-state index contributed by atoms with van der Waals surface area (Å²) >= 11 is 0. The van der Waals surface area contributed by atoms with Crippen LogP contribution < -0.4 is 4.74 Å². The van der Waals surface area contributed by atoms with E-state index in [1.165, 1.54) is 23.0 Å². The zero-order valence-corrected chi connectivity index (χ0v) is 19.3. The van der Waals surface area contributed by atoms with Gasteiger partial charge in [0.15, 0.2) is 0 Å². The number of aromatic carboxylic acids is 1. The summed E-state index contributed by atoms with van der Waals surface area (Å²) in [5.74, 6) is -1.66. The van der Waals surface area contributed by atoms with Crippen molar-refractivity contribution in [3.05, 3.63) is 114 Å². The number of hydrogen-bond acceptors (Lipinski definition) is 4. The Labute approximate surface area is 209 Å². The number of carbonyl (C=O) groups is 1. The highest BCUT2D eigenvalue weighted by Gasteiger charge is 2.37. The minimum Gasteiger partial charge on any atom is -0.487 e. The molecule has 0 saturated carbocycles. The Kier molecular flexibility index (Phi) is 6.35. The Morgan fingerprint density at radius 3 is 2.43 bits per heavy atom. The number of para-hydroxylation sites is 2. The Morgan fingerprint density at radius 1 is 0.892 bits per heavy atom. The normalized spacial score (nSPS) is 11.5. The molecule has 37 heavy (non-hydrogen) atoms. The quantitative estimate of drug-likeness (QED) is 0.277. The van der Waals surface area contributed by atoms with E-state index in [1.54, 1.807) is 30.3 Å². The number of carboxylic acid groups (broad SMARTS) is 1. The highest BCUT2D eigenvalue weighted by atomic mass is 19.4. The average Bonchev–Trinajstić information content (AvgIpc) is 3.27. The number of benzene rings is 3. The number of carboxylic acids is 1. The van der Waals surface area contributed by atoms with E-state index in [4.69, 9.17) is 9.84 Å². The second-order valence-corrected chi connectivity index (χ2v) is 8.41. The lowest BCUT2D eigenvalue weighted by Gasteiger charge is -2.13. The van der Waals surface area contributed by atoms with Crippen molar-refractivity contribution in [1.29, 1.82) is 0 Å². The molecule has 0 aliphatic carbocycles. The second kappa shape index (κ2) is 9.77. The molecule has 2 heterocycles. The third-order valence-electron chi connectivity index (χ3n) is 5.83. The van der Waals surface area contributed by atoms with Crippen molar-refractivity contribution in [2.45, 2.75) is 19.3 Å². The number of pyridine rings is 1. The predicted octanol–water partition coefficient (Wildman–Crippen LogP) is 6.44. The van der Waals surface area contributed by atoms with Crippen molar-refractivity contribution in [2.24, 2.45) is 0 Å². The molecule has 0 unspecified atom stereocenters. The monoisotopic (exact) mass is 503 g/mol. The minimum atomic E-state index is -4.57. The molecule has 0 fully saturated rings. The van der Waals surface area contributed by atoms with Crippen LogP contribution >= 0.6 is 0 Å². The zero-order valence-electron chi connectivity index (χ0n) is 19.3. The average molecular weight is 503 g/mol. The SMILES string of the molecule is O=C(O)c1cncc(OCc2ccc(-c3cccc(Cn4c(C(F)(F)F)nc5ccccc54)c3)cc2)c1. The largest absolute Gasteiger partial charge is 0.487 e. The fraction of sp³-hybridized carbons (Fsp3) is 0.107. The summed E-state index contributed by atoms with van der Waals surface area (Å²) in [5, 5.41) is 9.07. The Hall–Kier alpha value is -4.66. The van der Waals surface area contributed by atoms with Crippen LogP contribution in [0.3, 0.4) is 0 Å². The highest BCUT2D eigenvalue weighted by Crippen LogP contribution is 2.32. The van der Waals surface area contributed by atoms with Crippen molar-refractivity contribution in [2.75, 3.05) is 0 Å². The minimum absolute atomic E-state index is 0.0264. The van der Waals surface area contributed by atoms with Gasteiger partial charge in [0.25, 0.3) is 0 Å². The summed E-state index contributed by atoms with van der Waals surface area (Å²) in [7, 11) is 0. The highest BCUT2D eigenvalue weighted by molar-refractivity contribution is 5.87. The van der Waals surface area contributed by atoms with Gasteiger partial charge in [-0.3, -0.25) is 4.98 Å². The van der Waals surface area contributed by atoms with Gasteiger partial charge in [-0.05, 0) is 46.5 Å². The van der Waals surface area contributed by atoms with Gasteiger partial charge in [0.1, 0.15) is 12.4 Å². The van der Waals surface area contributed by atoms with Crippen LogP contribution in [0.15, 0.2) is 91.3 Å². The van der Waals surface area contributed by atoms with Crippen molar-refractivity contribution in [3.8, 4) is 16.9 Å². The predicted molar refractivity (Wildman–Crippen MR) is 131 cm³/mol. The number of imidazole rings is 1. The molecule has 0 spiro atoms. The summed E-state index contributed by atoms with van der Waals surface area (Å²) in [6.45, 7) is 0.248. The maximum Gasteiger partial charge on any atom is 0.449 e. The first-order valence-corrected chi connectivity index (χ1v) is 11.3. The lowest BCUT2D eigenvalue weighted by Crippen LogP contribution is -2.15. The molecule has 186 valence electrons. The van der Waals surface area contributed by atoms with Crippen LogP contribution in [0.25, 0.3) is 22.2 Å². The van der Waals surface area contributed by atoms with Gasteiger partial charge in [0.05, 0.1) is 22.8 Å². The van der Waals surface area contributed by atoms with E-state index in [0.717, 1.165) is 16.7 Å². The van der Waals surface area contributed by atoms with Crippen molar-refractivity contribution >= 4 is 17.0 Å². The second-order valence-electron chi connectivity index (χ2n) is 8.41. The van der Waals surface area contributed by atoms with Crippen LogP contribution in [-0.4, -0.2) is 25.6 Å². The van der Waals surface area contributed by atoms with Crippen molar-refractivity contribution in [3.63, 3.8) is 0 Å². The number of alkyl halides is 3. The van der Waals surface area contributed by atoms with E-state index in [-0.39, 0.29) is 18.7 Å². The molecule has 0 amide bonds. The molecule has 9 heteroatoms. The number of nitrogens with zero attached hydrogens (tertiary/aromatic N) is 3. The number of aromatic nitrogens is 3. The van der Waals surface area contributed by atoms with E-state index < -0.39 is 18.0 Å². The molecule has 0 aliphatic heterocycles. The number of halogens is 3. The van der Waals surface area contributed by atoms with E-state index in [0.29, 0.717) is 22.3 Å². The Balaban J connectivity index is 1.34. The van der Waals surface area contributed by atoms with Gasteiger partial charge >= 0.3 is 12.1 Å². The van der Waals surface area contributed by atoms with Gasteiger partial charge < -0.3 is 14.4 Å². The standard InChI is InChI=1S/C28H20F3N3O3/c29-28(30,31)27-33-24-6-1-2-7-25(24)34(27)16-19-4-3-5-21(12-19)20-10-8-18(9-11-20)17-37-23-13-22(26(35)36)14-32-15-23/h1-15H,16-17H2,(H,35,36). The van der Waals surface area contributed by atoms with E-state index in [2.05, 4.69) is 9.97 Å². The lowest BCUT2D eigenvalue weighted by atomic mass is 10.0. The fourth-order valence-corrected chi connectivity index (χ4v) is 4.06. The molecule has 6 nitrogen and oxygen atoms in total. The molecule has 5 rings (SSSR count). The third kappa shape index (κ3) is 5.30. The fourth-order valence-electron chi connectivity index (χ4n) is 4.06. The first kappa shape index (κ1) is 24.1. The summed E-state index contributed by atoms with van der Waals surface area (Å²) in [4.78, 5) is 18.8. The zero-order chi connectivity index (χ0) is 26.0. The van der Waals surface area contributed by atoms with Gasteiger partial charge in [-0.1, -0.05) is 54.6 Å². The number of rotatable bonds is 7. The van der Waals surface area contributed by atoms with E-state index in [9.17, 15) is 18.0 Å². The van der Waals surface area contributed by atoms with Crippen LogP contribution in [0.5, 0.6) is 5.75 Å². The van der Waals surface area contributed by atoms with Gasteiger partial charge in [-0.15, -0.1) is 0 Å². The van der Waals surface area contributed by atoms with Crippen LogP contribution in [0.4, 0.5) is 13.2 Å². The van der Waals surface area contributed by atoms with E-state index in [1.807, 2.05) is 42.5 Å². The molecular weight excluding hydrogens is 483 g/mol. The van der Waals surface area contributed by atoms with Gasteiger partial charge in [0, 0.05) is 12.7 Å². The van der Waals surface area contributed by atoms with Gasteiger partial charge in [-0.2, -0.15) is 13.2 Å². The summed E-state index contributed by atoms with van der Waals surface area (Å²) < 4.78 is 47.9.